The highest BCUT2D eigenvalue weighted by Crippen LogP contribution is 2.49. The number of aromatic nitrogens is 1. The van der Waals surface area contributed by atoms with Gasteiger partial charge in [0.25, 0.3) is 0 Å². The third-order valence-corrected chi connectivity index (χ3v) is 3.59. The zero-order valence-corrected chi connectivity index (χ0v) is 9.29. The van der Waals surface area contributed by atoms with E-state index in [0.717, 1.165) is 5.01 Å². The van der Waals surface area contributed by atoms with Crippen molar-refractivity contribution in [2.45, 2.75) is 37.6 Å². The lowest BCUT2D eigenvalue weighted by Gasteiger charge is -2.19. The summed E-state index contributed by atoms with van der Waals surface area (Å²) >= 11 is 1.37. The van der Waals surface area contributed by atoms with Crippen LogP contribution in [0.3, 0.4) is 0 Å². The lowest BCUT2D eigenvalue weighted by Crippen LogP contribution is -2.44. The van der Waals surface area contributed by atoms with Gasteiger partial charge in [-0.25, -0.2) is 4.98 Å². The number of nitrogens with two attached hydrogens (primary N) is 1. The number of nitrogens with one attached hydrogen (secondary N) is 1. The van der Waals surface area contributed by atoms with Crippen LogP contribution in [0.15, 0.2) is 5.38 Å². The molecule has 1 aromatic rings. The first-order valence-corrected chi connectivity index (χ1v) is 5.80. The fourth-order valence-electron chi connectivity index (χ4n) is 1.47. The summed E-state index contributed by atoms with van der Waals surface area (Å²) in [6, 6.07) is 0. The number of hydrogen-bond acceptors (Lipinski definition) is 4. The molecule has 1 aliphatic rings. The SMILES string of the molecule is NCc1nc(CNC2(C(F)(F)F)CC2)cs1. The van der Waals surface area contributed by atoms with Crippen molar-refractivity contribution in [2.75, 3.05) is 0 Å². The van der Waals surface area contributed by atoms with Gasteiger partial charge in [0, 0.05) is 18.5 Å². The van der Waals surface area contributed by atoms with Gasteiger partial charge in [-0.05, 0) is 12.8 Å². The highest BCUT2D eigenvalue weighted by Gasteiger charge is 2.62. The van der Waals surface area contributed by atoms with Gasteiger partial charge in [-0.15, -0.1) is 11.3 Å². The van der Waals surface area contributed by atoms with E-state index in [1.807, 2.05) is 0 Å². The molecule has 0 aromatic carbocycles. The van der Waals surface area contributed by atoms with Crippen molar-refractivity contribution >= 4 is 11.3 Å². The van der Waals surface area contributed by atoms with Crippen LogP contribution >= 0.6 is 11.3 Å². The molecule has 0 spiro atoms. The highest BCUT2D eigenvalue weighted by atomic mass is 32.1. The van der Waals surface area contributed by atoms with Crippen molar-refractivity contribution in [3.63, 3.8) is 0 Å². The van der Waals surface area contributed by atoms with Gasteiger partial charge in [0.1, 0.15) is 10.5 Å². The molecule has 3 N–H and O–H groups in total. The summed E-state index contributed by atoms with van der Waals surface area (Å²) in [5.74, 6) is 0. The molecule has 0 atom stereocenters. The van der Waals surface area contributed by atoms with E-state index in [2.05, 4.69) is 10.3 Å². The molecule has 1 saturated carbocycles. The second-order valence-corrected chi connectivity index (χ2v) is 4.81. The van der Waals surface area contributed by atoms with Crippen LogP contribution in [0.1, 0.15) is 23.5 Å². The quantitative estimate of drug-likeness (QED) is 0.857. The monoisotopic (exact) mass is 251 g/mol. The maximum Gasteiger partial charge on any atom is 0.406 e. The summed E-state index contributed by atoms with van der Waals surface area (Å²) in [7, 11) is 0. The van der Waals surface area contributed by atoms with Gasteiger partial charge in [0.15, 0.2) is 0 Å². The van der Waals surface area contributed by atoms with Gasteiger partial charge in [0.2, 0.25) is 0 Å². The second-order valence-electron chi connectivity index (χ2n) is 3.87. The Hall–Kier alpha value is -0.660. The molecule has 2 rings (SSSR count). The first-order valence-electron chi connectivity index (χ1n) is 4.92. The molecule has 0 amide bonds. The molecule has 1 fully saturated rings. The minimum Gasteiger partial charge on any atom is -0.325 e. The van der Waals surface area contributed by atoms with Crippen LogP contribution in [0.4, 0.5) is 13.2 Å². The third kappa shape index (κ3) is 2.21. The predicted octanol–water partition coefficient (Wildman–Crippen LogP) is 1.79. The van der Waals surface area contributed by atoms with Crippen molar-refractivity contribution in [1.82, 2.24) is 10.3 Å². The standard InChI is InChI=1S/C9H12F3N3S/c10-9(11,12)8(1-2-8)14-4-6-5-16-7(3-13)15-6/h5,14H,1-4,13H2. The fraction of sp³-hybridized carbons (Fsp3) is 0.667. The highest BCUT2D eigenvalue weighted by molar-refractivity contribution is 7.09. The van der Waals surface area contributed by atoms with E-state index in [1.54, 1.807) is 5.38 Å². The molecule has 90 valence electrons. The first-order chi connectivity index (χ1) is 7.47. The molecular weight excluding hydrogens is 239 g/mol. The summed E-state index contributed by atoms with van der Waals surface area (Å²) in [4.78, 5) is 4.11. The molecule has 0 bridgehead atoms. The Morgan fingerprint density at radius 1 is 1.50 bits per heavy atom. The topological polar surface area (TPSA) is 50.9 Å². The van der Waals surface area contributed by atoms with Crippen LogP contribution in [-0.4, -0.2) is 16.7 Å². The van der Waals surface area contributed by atoms with Gasteiger partial charge < -0.3 is 5.73 Å². The van der Waals surface area contributed by atoms with Gasteiger partial charge in [0.05, 0.1) is 5.69 Å². The zero-order valence-electron chi connectivity index (χ0n) is 8.47. The Morgan fingerprint density at radius 3 is 2.62 bits per heavy atom. The lowest BCUT2D eigenvalue weighted by atomic mass is 10.2. The van der Waals surface area contributed by atoms with Crippen molar-refractivity contribution in [1.29, 1.82) is 0 Å². The Morgan fingerprint density at radius 2 is 2.19 bits per heavy atom. The summed E-state index contributed by atoms with van der Waals surface area (Å²) in [6.07, 6.45) is -3.85. The first kappa shape index (κ1) is 11.8. The Kier molecular flexibility index (Phi) is 2.93. The van der Waals surface area contributed by atoms with E-state index in [4.69, 9.17) is 5.73 Å². The minimum absolute atomic E-state index is 0.149. The molecule has 1 aliphatic carbocycles. The molecule has 0 radical (unpaired) electrons. The van der Waals surface area contributed by atoms with Crippen LogP contribution in [0.2, 0.25) is 0 Å². The van der Waals surface area contributed by atoms with Crippen LogP contribution in [-0.2, 0) is 13.1 Å². The van der Waals surface area contributed by atoms with E-state index < -0.39 is 11.7 Å². The number of rotatable bonds is 4. The van der Waals surface area contributed by atoms with Gasteiger partial charge in [-0.1, -0.05) is 0 Å². The largest absolute Gasteiger partial charge is 0.406 e. The molecule has 0 aliphatic heterocycles. The van der Waals surface area contributed by atoms with Gasteiger partial charge in [-0.3, -0.25) is 5.32 Å². The second kappa shape index (κ2) is 3.97. The smallest absolute Gasteiger partial charge is 0.325 e. The maximum atomic E-state index is 12.6. The zero-order chi connectivity index (χ0) is 11.8. The Balaban J connectivity index is 1.93. The maximum absolute atomic E-state index is 12.6. The Labute approximate surface area is 94.9 Å². The average molecular weight is 251 g/mol. The Bertz CT molecular complexity index is 370. The van der Waals surface area contributed by atoms with Gasteiger partial charge in [-0.2, -0.15) is 13.2 Å². The van der Waals surface area contributed by atoms with E-state index in [1.165, 1.54) is 11.3 Å². The van der Waals surface area contributed by atoms with E-state index in [-0.39, 0.29) is 19.4 Å². The predicted molar refractivity (Wildman–Crippen MR) is 54.9 cm³/mol. The van der Waals surface area contributed by atoms with Crippen molar-refractivity contribution in [3.05, 3.63) is 16.1 Å². The van der Waals surface area contributed by atoms with Crippen LogP contribution in [0, 0.1) is 0 Å². The average Bonchev–Trinajstić information content (AvgIpc) is 2.88. The molecule has 0 unspecified atom stereocenters. The summed E-state index contributed by atoms with van der Waals surface area (Å²) in [6.45, 7) is 0.477. The van der Waals surface area contributed by atoms with Crippen molar-refractivity contribution < 1.29 is 13.2 Å². The molecule has 0 saturated heterocycles. The number of halogens is 3. The molecule has 1 aromatic heterocycles. The third-order valence-electron chi connectivity index (χ3n) is 2.67. The molecule has 16 heavy (non-hydrogen) atoms. The van der Waals surface area contributed by atoms with Crippen molar-refractivity contribution in [2.24, 2.45) is 5.73 Å². The number of alkyl halides is 3. The molecule has 1 heterocycles. The van der Waals surface area contributed by atoms with E-state index in [9.17, 15) is 13.2 Å². The van der Waals surface area contributed by atoms with Gasteiger partial charge >= 0.3 is 6.18 Å². The molecule has 3 nitrogen and oxygen atoms in total. The van der Waals surface area contributed by atoms with E-state index in [0.29, 0.717) is 12.2 Å². The van der Waals surface area contributed by atoms with E-state index >= 15 is 0 Å². The van der Waals surface area contributed by atoms with Crippen LogP contribution in [0.25, 0.3) is 0 Å². The molecular formula is C9H12F3N3S. The molecule has 7 heteroatoms. The normalized spacial score (nSPS) is 18.8. The summed E-state index contributed by atoms with van der Waals surface area (Å²) < 4.78 is 37.7. The fourth-order valence-corrected chi connectivity index (χ4v) is 2.14. The summed E-state index contributed by atoms with van der Waals surface area (Å²) in [5, 5.41) is 5.02. The van der Waals surface area contributed by atoms with Crippen molar-refractivity contribution in [3.8, 4) is 0 Å². The van der Waals surface area contributed by atoms with Crippen LogP contribution in [0.5, 0.6) is 0 Å². The number of thiazole rings is 1. The minimum atomic E-state index is -4.17. The summed E-state index contributed by atoms with van der Waals surface area (Å²) in [5.41, 5.74) is 4.33. The lowest BCUT2D eigenvalue weighted by molar-refractivity contribution is -0.166. The number of nitrogens with zero attached hydrogens (tertiary/aromatic N) is 1. The van der Waals surface area contributed by atoms with Crippen LogP contribution < -0.4 is 11.1 Å². The number of hydrogen-bond donors (Lipinski definition) is 2.